The van der Waals surface area contributed by atoms with Crippen molar-refractivity contribution in [3.63, 3.8) is 0 Å². The summed E-state index contributed by atoms with van der Waals surface area (Å²) in [4.78, 5) is 4.67. The maximum Gasteiger partial charge on any atom is 0.387 e. The molecular weight excluding hydrogens is 378 g/mol. The van der Waals surface area contributed by atoms with Crippen molar-refractivity contribution in [3.8, 4) is 5.75 Å². The molecule has 6 heteroatoms. The van der Waals surface area contributed by atoms with Gasteiger partial charge in [-0.1, -0.05) is 54.6 Å². The third-order valence-electron chi connectivity index (χ3n) is 4.37. The van der Waals surface area contributed by atoms with Gasteiger partial charge in [-0.25, -0.2) is 4.98 Å². The Morgan fingerprint density at radius 1 is 0.857 bits per heavy atom. The van der Waals surface area contributed by atoms with Gasteiger partial charge >= 0.3 is 6.61 Å². The molecular formula is C22H18F2N2OS. The minimum Gasteiger partial charge on any atom is -0.435 e. The van der Waals surface area contributed by atoms with Gasteiger partial charge in [0, 0.05) is 6.54 Å². The molecule has 0 aliphatic heterocycles. The number of para-hydroxylation sites is 1. The third-order valence-corrected chi connectivity index (χ3v) is 5.40. The molecule has 0 fully saturated rings. The fraction of sp³-hybridized carbons (Fsp3) is 0.136. The SMILES string of the molecule is FC(F)Oc1ccc([C@@H](NCc2nc3ccccc3s2)c2ccccc2)cc1. The first-order valence-electron chi connectivity index (χ1n) is 8.86. The van der Waals surface area contributed by atoms with Crippen LogP contribution in [0, 0.1) is 0 Å². The predicted molar refractivity (Wildman–Crippen MR) is 108 cm³/mol. The summed E-state index contributed by atoms with van der Waals surface area (Å²) in [5, 5.41) is 4.55. The Kier molecular flexibility index (Phi) is 5.60. The molecule has 0 aliphatic rings. The monoisotopic (exact) mass is 396 g/mol. The predicted octanol–water partition coefficient (Wildman–Crippen LogP) is 5.78. The smallest absolute Gasteiger partial charge is 0.387 e. The number of alkyl halides is 2. The van der Waals surface area contributed by atoms with Crippen molar-refractivity contribution in [1.29, 1.82) is 0 Å². The lowest BCUT2D eigenvalue weighted by Crippen LogP contribution is -2.22. The van der Waals surface area contributed by atoms with Crippen LogP contribution < -0.4 is 10.1 Å². The average molecular weight is 396 g/mol. The summed E-state index contributed by atoms with van der Waals surface area (Å²) in [5.41, 5.74) is 3.05. The summed E-state index contributed by atoms with van der Waals surface area (Å²) >= 11 is 1.66. The fourth-order valence-corrected chi connectivity index (χ4v) is 4.02. The van der Waals surface area contributed by atoms with Gasteiger partial charge in [-0.2, -0.15) is 8.78 Å². The van der Waals surface area contributed by atoms with E-state index in [0.717, 1.165) is 26.4 Å². The van der Waals surface area contributed by atoms with E-state index in [-0.39, 0.29) is 11.8 Å². The number of halogens is 2. The van der Waals surface area contributed by atoms with Gasteiger partial charge < -0.3 is 4.74 Å². The van der Waals surface area contributed by atoms with Crippen LogP contribution in [0.2, 0.25) is 0 Å². The van der Waals surface area contributed by atoms with E-state index in [1.165, 1.54) is 0 Å². The van der Waals surface area contributed by atoms with E-state index in [4.69, 9.17) is 0 Å². The molecule has 1 N–H and O–H groups in total. The number of rotatable bonds is 7. The summed E-state index contributed by atoms with van der Waals surface area (Å²) in [6.07, 6.45) is 0. The maximum absolute atomic E-state index is 12.4. The first-order chi connectivity index (χ1) is 13.7. The van der Waals surface area contributed by atoms with Gasteiger partial charge in [0.1, 0.15) is 10.8 Å². The fourth-order valence-electron chi connectivity index (χ4n) is 3.10. The minimum absolute atomic E-state index is 0.0891. The van der Waals surface area contributed by atoms with E-state index in [1.54, 1.807) is 35.6 Å². The molecule has 3 nitrogen and oxygen atoms in total. The molecule has 0 saturated carbocycles. The zero-order chi connectivity index (χ0) is 19.3. The molecule has 1 heterocycles. The standard InChI is InChI=1S/C22H18F2N2OS/c23-22(24)27-17-12-10-16(11-13-17)21(15-6-2-1-3-7-15)25-14-20-26-18-8-4-5-9-19(18)28-20/h1-13,21-22,25H,14H2/t21-/m0/s1. The lowest BCUT2D eigenvalue weighted by atomic mass is 9.98. The van der Waals surface area contributed by atoms with Gasteiger partial charge in [-0.15, -0.1) is 11.3 Å². The number of nitrogens with one attached hydrogen (secondary N) is 1. The Morgan fingerprint density at radius 2 is 1.54 bits per heavy atom. The van der Waals surface area contributed by atoms with Crippen LogP contribution in [0.1, 0.15) is 22.2 Å². The quantitative estimate of drug-likeness (QED) is 0.430. The van der Waals surface area contributed by atoms with Crippen molar-refractivity contribution < 1.29 is 13.5 Å². The first-order valence-corrected chi connectivity index (χ1v) is 9.68. The van der Waals surface area contributed by atoms with Crippen LogP contribution in [-0.4, -0.2) is 11.6 Å². The molecule has 1 aromatic heterocycles. The highest BCUT2D eigenvalue weighted by Gasteiger charge is 2.15. The number of nitrogens with zero attached hydrogens (tertiary/aromatic N) is 1. The first kappa shape index (κ1) is 18.5. The van der Waals surface area contributed by atoms with Crippen LogP contribution in [-0.2, 0) is 6.54 Å². The van der Waals surface area contributed by atoms with E-state index in [2.05, 4.69) is 21.1 Å². The Hall–Kier alpha value is -2.83. The van der Waals surface area contributed by atoms with E-state index in [9.17, 15) is 8.78 Å². The number of hydrogen-bond donors (Lipinski definition) is 1. The zero-order valence-corrected chi connectivity index (χ0v) is 15.7. The Bertz CT molecular complexity index is 1000. The molecule has 142 valence electrons. The number of aromatic nitrogens is 1. The maximum atomic E-state index is 12.4. The van der Waals surface area contributed by atoms with Crippen molar-refractivity contribution in [2.24, 2.45) is 0 Å². The highest BCUT2D eigenvalue weighted by Crippen LogP contribution is 2.27. The van der Waals surface area contributed by atoms with Gasteiger partial charge in [0.05, 0.1) is 16.3 Å². The van der Waals surface area contributed by atoms with Crippen molar-refractivity contribution in [2.75, 3.05) is 0 Å². The molecule has 0 unspecified atom stereocenters. The molecule has 0 aliphatic carbocycles. The van der Waals surface area contributed by atoms with Crippen LogP contribution in [0.25, 0.3) is 10.2 Å². The second kappa shape index (κ2) is 8.46. The molecule has 28 heavy (non-hydrogen) atoms. The van der Waals surface area contributed by atoms with Gasteiger partial charge in [-0.05, 0) is 35.4 Å². The molecule has 0 amide bonds. The molecule has 0 saturated heterocycles. The van der Waals surface area contributed by atoms with E-state index in [0.29, 0.717) is 6.54 Å². The number of ether oxygens (including phenoxy) is 1. The van der Waals surface area contributed by atoms with E-state index < -0.39 is 6.61 Å². The van der Waals surface area contributed by atoms with Crippen LogP contribution in [0.15, 0.2) is 78.9 Å². The molecule has 4 aromatic rings. The summed E-state index contributed by atoms with van der Waals surface area (Å²) in [5.74, 6) is 0.150. The molecule has 0 radical (unpaired) electrons. The summed E-state index contributed by atoms with van der Waals surface area (Å²) < 4.78 is 30.4. The Balaban J connectivity index is 1.57. The van der Waals surface area contributed by atoms with Crippen molar-refractivity contribution >= 4 is 21.6 Å². The summed E-state index contributed by atoms with van der Waals surface area (Å²) in [6.45, 7) is -2.22. The highest BCUT2D eigenvalue weighted by atomic mass is 32.1. The van der Waals surface area contributed by atoms with Crippen LogP contribution in [0.4, 0.5) is 8.78 Å². The lowest BCUT2D eigenvalue weighted by Gasteiger charge is -2.19. The van der Waals surface area contributed by atoms with Crippen molar-refractivity contribution in [3.05, 3.63) is 95.0 Å². The van der Waals surface area contributed by atoms with Gasteiger partial charge in [0.2, 0.25) is 0 Å². The molecule has 0 spiro atoms. The zero-order valence-electron chi connectivity index (χ0n) is 14.9. The summed E-state index contributed by atoms with van der Waals surface area (Å²) in [6, 6.07) is 24.7. The Morgan fingerprint density at radius 3 is 2.25 bits per heavy atom. The molecule has 3 aromatic carbocycles. The van der Waals surface area contributed by atoms with E-state index >= 15 is 0 Å². The van der Waals surface area contributed by atoms with Crippen molar-refractivity contribution in [1.82, 2.24) is 10.3 Å². The van der Waals surface area contributed by atoms with Gasteiger partial charge in [0.25, 0.3) is 0 Å². The largest absolute Gasteiger partial charge is 0.435 e. The average Bonchev–Trinajstić information content (AvgIpc) is 3.13. The van der Waals surface area contributed by atoms with Crippen LogP contribution in [0.5, 0.6) is 5.75 Å². The minimum atomic E-state index is -2.83. The van der Waals surface area contributed by atoms with Crippen LogP contribution in [0.3, 0.4) is 0 Å². The second-order valence-electron chi connectivity index (χ2n) is 6.25. The Labute approximate surface area is 165 Å². The number of hydrogen-bond acceptors (Lipinski definition) is 4. The highest BCUT2D eigenvalue weighted by molar-refractivity contribution is 7.18. The number of thiazole rings is 1. The second-order valence-corrected chi connectivity index (χ2v) is 7.36. The van der Waals surface area contributed by atoms with E-state index in [1.807, 2.05) is 48.5 Å². The molecule has 4 rings (SSSR count). The molecule has 0 bridgehead atoms. The lowest BCUT2D eigenvalue weighted by molar-refractivity contribution is -0.0498. The third kappa shape index (κ3) is 4.35. The van der Waals surface area contributed by atoms with Crippen LogP contribution >= 0.6 is 11.3 Å². The number of benzene rings is 3. The normalized spacial score (nSPS) is 12.4. The summed E-state index contributed by atoms with van der Waals surface area (Å²) in [7, 11) is 0. The molecule has 1 atom stereocenters. The topological polar surface area (TPSA) is 34.1 Å². The van der Waals surface area contributed by atoms with Gasteiger partial charge in [0.15, 0.2) is 0 Å². The number of fused-ring (bicyclic) bond motifs is 1. The van der Waals surface area contributed by atoms with Gasteiger partial charge in [-0.3, -0.25) is 5.32 Å². The van der Waals surface area contributed by atoms with Crippen molar-refractivity contribution in [2.45, 2.75) is 19.2 Å².